The van der Waals surface area contributed by atoms with Crippen molar-refractivity contribution in [3.63, 3.8) is 0 Å². The molecular formula is C42H26N2O. The molecule has 0 bridgehead atoms. The number of para-hydroxylation sites is 2. The average Bonchev–Trinajstić information content (AvgIpc) is 3.50. The van der Waals surface area contributed by atoms with Crippen LogP contribution < -0.4 is 0 Å². The minimum Gasteiger partial charge on any atom is -0.455 e. The maximum atomic E-state index is 6.55. The summed E-state index contributed by atoms with van der Waals surface area (Å²) in [5.74, 6) is 0. The molecule has 2 aromatic heterocycles. The second-order valence-electron chi connectivity index (χ2n) is 11.4. The van der Waals surface area contributed by atoms with Gasteiger partial charge in [0.25, 0.3) is 0 Å². The van der Waals surface area contributed by atoms with Crippen molar-refractivity contribution in [2.45, 2.75) is 0 Å². The maximum Gasteiger partial charge on any atom is 0.143 e. The van der Waals surface area contributed by atoms with E-state index in [1.807, 2.05) is 36.4 Å². The summed E-state index contributed by atoms with van der Waals surface area (Å²) in [6.45, 7) is 0. The van der Waals surface area contributed by atoms with Crippen LogP contribution in [0.3, 0.4) is 0 Å². The summed E-state index contributed by atoms with van der Waals surface area (Å²) in [5.41, 5.74) is 11.9. The number of hydrogen-bond donors (Lipinski definition) is 0. The Balaban J connectivity index is 1.31. The molecule has 0 unspecified atom stereocenters. The molecule has 9 rings (SSSR count). The van der Waals surface area contributed by atoms with E-state index in [1.54, 1.807) is 0 Å². The predicted molar refractivity (Wildman–Crippen MR) is 186 cm³/mol. The summed E-state index contributed by atoms with van der Waals surface area (Å²) in [4.78, 5) is 10.5. The van der Waals surface area contributed by atoms with E-state index >= 15 is 0 Å². The fraction of sp³-hybridized carbons (Fsp3) is 0. The first kappa shape index (κ1) is 25.4. The van der Waals surface area contributed by atoms with Gasteiger partial charge in [0.2, 0.25) is 0 Å². The third kappa shape index (κ3) is 4.29. The zero-order valence-electron chi connectivity index (χ0n) is 24.3. The zero-order chi connectivity index (χ0) is 29.7. The van der Waals surface area contributed by atoms with E-state index in [1.165, 1.54) is 16.7 Å². The first-order chi connectivity index (χ1) is 22.3. The van der Waals surface area contributed by atoms with Gasteiger partial charge in [0.15, 0.2) is 0 Å². The third-order valence-electron chi connectivity index (χ3n) is 8.68. The quantitative estimate of drug-likeness (QED) is 0.210. The van der Waals surface area contributed by atoms with Crippen LogP contribution in [0.15, 0.2) is 162 Å². The van der Waals surface area contributed by atoms with Crippen molar-refractivity contribution >= 4 is 43.7 Å². The molecule has 3 nitrogen and oxygen atoms in total. The lowest BCUT2D eigenvalue weighted by molar-refractivity contribution is 0.673. The van der Waals surface area contributed by atoms with Crippen LogP contribution in [-0.2, 0) is 0 Å². The number of hydrogen-bond acceptors (Lipinski definition) is 3. The molecule has 0 spiro atoms. The molecule has 45 heavy (non-hydrogen) atoms. The fourth-order valence-corrected chi connectivity index (χ4v) is 6.44. The molecule has 210 valence electrons. The van der Waals surface area contributed by atoms with Gasteiger partial charge in [-0.3, -0.25) is 0 Å². The van der Waals surface area contributed by atoms with Crippen LogP contribution in [0.1, 0.15) is 0 Å². The number of aromatic nitrogens is 2. The van der Waals surface area contributed by atoms with Gasteiger partial charge in [0, 0.05) is 27.3 Å². The molecule has 0 fully saturated rings. The second kappa shape index (κ2) is 10.3. The fourth-order valence-electron chi connectivity index (χ4n) is 6.44. The normalized spacial score (nSPS) is 11.6. The Hall–Kier alpha value is -6.06. The Kier molecular flexibility index (Phi) is 5.82. The maximum absolute atomic E-state index is 6.55. The Morgan fingerprint density at radius 3 is 1.60 bits per heavy atom. The Morgan fingerprint density at radius 1 is 0.356 bits per heavy atom. The zero-order valence-corrected chi connectivity index (χ0v) is 24.3. The van der Waals surface area contributed by atoms with Gasteiger partial charge >= 0.3 is 0 Å². The van der Waals surface area contributed by atoms with Crippen LogP contribution in [0.4, 0.5) is 0 Å². The van der Waals surface area contributed by atoms with E-state index in [4.69, 9.17) is 14.4 Å². The Labute approximate surface area is 260 Å². The minimum atomic E-state index is 0.854. The number of benzene rings is 7. The Morgan fingerprint density at radius 2 is 0.889 bits per heavy atom. The van der Waals surface area contributed by atoms with Crippen molar-refractivity contribution in [1.29, 1.82) is 0 Å². The molecule has 0 amide bonds. The topological polar surface area (TPSA) is 38.9 Å². The number of furan rings is 1. The van der Waals surface area contributed by atoms with Gasteiger partial charge in [0.1, 0.15) is 11.2 Å². The molecule has 0 N–H and O–H groups in total. The molecule has 0 atom stereocenters. The molecule has 0 aliphatic carbocycles. The summed E-state index contributed by atoms with van der Waals surface area (Å²) in [7, 11) is 0. The van der Waals surface area contributed by atoms with Crippen molar-refractivity contribution < 1.29 is 4.42 Å². The first-order valence-corrected chi connectivity index (χ1v) is 15.2. The molecule has 0 radical (unpaired) electrons. The van der Waals surface area contributed by atoms with E-state index in [0.29, 0.717) is 0 Å². The van der Waals surface area contributed by atoms with E-state index in [9.17, 15) is 0 Å². The van der Waals surface area contributed by atoms with E-state index in [-0.39, 0.29) is 0 Å². The van der Waals surface area contributed by atoms with Crippen LogP contribution in [-0.4, -0.2) is 9.97 Å². The third-order valence-corrected chi connectivity index (χ3v) is 8.68. The van der Waals surface area contributed by atoms with Crippen molar-refractivity contribution in [2.24, 2.45) is 0 Å². The monoisotopic (exact) mass is 574 g/mol. The lowest BCUT2D eigenvalue weighted by Crippen LogP contribution is -1.96. The van der Waals surface area contributed by atoms with Crippen molar-refractivity contribution in [3.05, 3.63) is 158 Å². The highest BCUT2D eigenvalue weighted by atomic mass is 16.3. The first-order valence-electron chi connectivity index (χ1n) is 15.2. The lowest BCUT2D eigenvalue weighted by Gasteiger charge is -2.14. The SMILES string of the molecule is c1ccc(-c2ccc(-c3nc4ccccc4nc3-c3cc4c5cc(-c6ccccc6)ccc5oc4c4ccccc34)cc2)cc1. The van der Waals surface area contributed by atoms with Gasteiger partial charge in [-0.25, -0.2) is 9.97 Å². The summed E-state index contributed by atoms with van der Waals surface area (Å²) in [5, 5.41) is 4.29. The predicted octanol–water partition coefficient (Wildman–Crippen LogP) is 11.4. The highest BCUT2D eigenvalue weighted by Gasteiger charge is 2.20. The molecule has 0 saturated heterocycles. The summed E-state index contributed by atoms with van der Waals surface area (Å²) >= 11 is 0. The number of rotatable bonds is 4. The summed E-state index contributed by atoms with van der Waals surface area (Å²) in [6.07, 6.45) is 0. The second-order valence-corrected chi connectivity index (χ2v) is 11.4. The van der Waals surface area contributed by atoms with Crippen LogP contribution in [0.2, 0.25) is 0 Å². The van der Waals surface area contributed by atoms with E-state index in [2.05, 4.69) is 121 Å². The highest BCUT2D eigenvalue weighted by molar-refractivity contribution is 6.20. The standard InChI is InChI=1S/C42H26N2O/c1-3-11-27(12-4-1)29-19-21-30(22-20-29)40-41(44-38-18-10-9-17-37(38)43-40)35-26-36-34-25-31(28-13-5-2-6-14-28)23-24-39(34)45-42(36)33-16-8-7-15-32(33)35/h1-26H. The molecule has 2 heterocycles. The molecule has 0 aliphatic heterocycles. The van der Waals surface area contributed by atoms with Gasteiger partial charge in [-0.05, 0) is 58.0 Å². The van der Waals surface area contributed by atoms with E-state index in [0.717, 1.165) is 71.8 Å². The van der Waals surface area contributed by atoms with Crippen LogP contribution in [0.25, 0.3) is 88.5 Å². The molecule has 0 saturated carbocycles. The van der Waals surface area contributed by atoms with Gasteiger partial charge < -0.3 is 4.42 Å². The average molecular weight is 575 g/mol. The lowest BCUT2D eigenvalue weighted by atomic mass is 9.94. The van der Waals surface area contributed by atoms with Gasteiger partial charge in [-0.2, -0.15) is 0 Å². The summed E-state index contributed by atoms with van der Waals surface area (Å²) < 4.78 is 6.55. The summed E-state index contributed by atoms with van der Waals surface area (Å²) in [6, 6.07) is 54.9. The smallest absolute Gasteiger partial charge is 0.143 e. The van der Waals surface area contributed by atoms with Crippen molar-refractivity contribution in [2.75, 3.05) is 0 Å². The van der Waals surface area contributed by atoms with E-state index < -0.39 is 0 Å². The van der Waals surface area contributed by atoms with Gasteiger partial charge in [-0.15, -0.1) is 0 Å². The van der Waals surface area contributed by atoms with Gasteiger partial charge in [-0.1, -0.05) is 127 Å². The largest absolute Gasteiger partial charge is 0.455 e. The van der Waals surface area contributed by atoms with Gasteiger partial charge in [0.05, 0.1) is 22.4 Å². The molecule has 9 aromatic rings. The number of fused-ring (bicyclic) bond motifs is 6. The van der Waals surface area contributed by atoms with Crippen LogP contribution in [0, 0.1) is 0 Å². The molecule has 0 aliphatic rings. The number of nitrogens with zero attached hydrogens (tertiary/aromatic N) is 2. The highest BCUT2D eigenvalue weighted by Crippen LogP contribution is 2.42. The molecule has 3 heteroatoms. The minimum absolute atomic E-state index is 0.854. The Bertz CT molecular complexity index is 2510. The van der Waals surface area contributed by atoms with Crippen molar-refractivity contribution in [1.82, 2.24) is 9.97 Å². The van der Waals surface area contributed by atoms with Crippen LogP contribution >= 0.6 is 0 Å². The van der Waals surface area contributed by atoms with Crippen molar-refractivity contribution in [3.8, 4) is 44.8 Å². The van der Waals surface area contributed by atoms with Crippen LogP contribution in [0.5, 0.6) is 0 Å². The molecular weight excluding hydrogens is 548 g/mol. The molecule has 7 aromatic carbocycles.